The molecule has 10 heavy (non-hydrogen) atoms. The molecule has 0 aromatic carbocycles. The fraction of sp³-hybridized carbons (Fsp3) is 0.286. The van der Waals surface area contributed by atoms with E-state index >= 15 is 0 Å². The van der Waals surface area contributed by atoms with E-state index in [1.807, 2.05) is 0 Å². The molecule has 0 amide bonds. The molecular weight excluding hydrogens is 128 g/mol. The molecule has 0 bridgehead atoms. The Hall–Kier alpha value is -1.09. The van der Waals surface area contributed by atoms with Crippen molar-refractivity contribution < 1.29 is 0 Å². The molecule has 0 aliphatic carbocycles. The van der Waals surface area contributed by atoms with E-state index in [0.29, 0.717) is 12.1 Å². The van der Waals surface area contributed by atoms with Gasteiger partial charge in [-0.3, -0.25) is 4.79 Å². The van der Waals surface area contributed by atoms with Gasteiger partial charge in [0.1, 0.15) is 0 Å². The van der Waals surface area contributed by atoms with Crippen molar-refractivity contribution in [2.75, 3.05) is 0 Å². The molecule has 0 aliphatic rings. The molecule has 54 valence electrons. The minimum Gasteiger partial charge on any atom is -0.329 e. The summed E-state index contributed by atoms with van der Waals surface area (Å²) >= 11 is 0. The molecule has 0 saturated carbocycles. The zero-order chi connectivity index (χ0) is 7.56. The highest BCUT2D eigenvalue weighted by molar-refractivity contribution is 5.16. The maximum atomic E-state index is 10.8. The van der Waals surface area contributed by atoms with E-state index in [1.165, 1.54) is 0 Å². The zero-order valence-corrected chi connectivity index (χ0v) is 5.85. The van der Waals surface area contributed by atoms with Gasteiger partial charge in [0.25, 0.3) is 5.56 Å². The van der Waals surface area contributed by atoms with Crippen LogP contribution in [0, 0.1) is 6.92 Å². The Morgan fingerprint density at radius 2 is 2.40 bits per heavy atom. The topological polar surface area (TPSA) is 58.9 Å². The summed E-state index contributed by atoms with van der Waals surface area (Å²) in [5, 5.41) is 0. The quantitative estimate of drug-likeness (QED) is 0.580. The second-order valence-corrected chi connectivity index (χ2v) is 2.22. The molecule has 3 nitrogen and oxygen atoms in total. The lowest BCUT2D eigenvalue weighted by Crippen LogP contribution is -2.10. The van der Waals surface area contributed by atoms with Crippen LogP contribution < -0.4 is 11.3 Å². The summed E-state index contributed by atoms with van der Waals surface area (Å²) in [7, 11) is 0. The molecule has 0 fully saturated rings. The van der Waals surface area contributed by atoms with Crippen molar-refractivity contribution in [2.24, 2.45) is 5.73 Å². The van der Waals surface area contributed by atoms with Gasteiger partial charge in [-0.1, -0.05) is 0 Å². The largest absolute Gasteiger partial charge is 0.329 e. The van der Waals surface area contributed by atoms with E-state index in [-0.39, 0.29) is 5.56 Å². The van der Waals surface area contributed by atoms with E-state index < -0.39 is 0 Å². The Kier molecular flexibility index (Phi) is 1.87. The average molecular weight is 138 g/mol. The number of H-pyrrole nitrogens is 1. The predicted molar refractivity (Wildman–Crippen MR) is 39.7 cm³/mol. The number of hydrogen-bond donors (Lipinski definition) is 2. The van der Waals surface area contributed by atoms with Crippen LogP contribution >= 0.6 is 0 Å². The van der Waals surface area contributed by atoms with Crippen LogP contribution in [0.15, 0.2) is 17.1 Å². The van der Waals surface area contributed by atoms with Gasteiger partial charge in [0, 0.05) is 18.3 Å². The molecule has 0 spiro atoms. The average Bonchev–Trinajstić information content (AvgIpc) is 1.95. The van der Waals surface area contributed by atoms with Crippen molar-refractivity contribution in [1.29, 1.82) is 0 Å². The van der Waals surface area contributed by atoms with E-state index in [4.69, 9.17) is 5.73 Å². The molecule has 3 heteroatoms. The second-order valence-electron chi connectivity index (χ2n) is 2.22. The van der Waals surface area contributed by atoms with Crippen LogP contribution in [0.1, 0.15) is 11.1 Å². The minimum absolute atomic E-state index is 0.0443. The van der Waals surface area contributed by atoms with Gasteiger partial charge in [-0.05, 0) is 18.6 Å². The van der Waals surface area contributed by atoms with Crippen LogP contribution in [0.3, 0.4) is 0 Å². The van der Waals surface area contributed by atoms with Gasteiger partial charge in [0.2, 0.25) is 0 Å². The predicted octanol–water partition coefficient (Wildman–Crippen LogP) is 0.142. The first kappa shape index (κ1) is 7.02. The van der Waals surface area contributed by atoms with Gasteiger partial charge >= 0.3 is 0 Å². The third-order valence-electron chi connectivity index (χ3n) is 1.38. The van der Waals surface area contributed by atoms with Crippen molar-refractivity contribution in [3.05, 3.63) is 33.7 Å². The highest BCUT2D eigenvalue weighted by Crippen LogP contribution is 1.94. The summed E-state index contributed by atoms with van der Waals surface area (Å²) in [5.74, 6) is 0. The second kappa shape index (κ2) is 2.66. The first-order valence-corrected chi connectivity index (χ1v) is 3.12. The molecule has 0 atom stereocenters. The highest BCUT2D eigenvalue weighted by atomic mass is 16.1. The van der Waals surface area contributed by atoms with Gasteiger partial charge in [-0.15, -0.1) is 0 Å². The van der Waals surface area contributed by atoms with Gasteiger partial charge in [0.05, 0.1) is 0 Å². The number of pyridine rings is 1. The molecule has 0 aliphatic heterocycles. The van der Waals surface area contributed by atoms with Crippen LogP contribution in [0.4, 0.5) is 0 Å². The standard InChI is InChI=1S/C7H10N2O/c1-5-2-6(3-8)4-9-7(5)10/h2,4H,3,8H2,1H3,(H,9,10). The lowest BCUT2D eigenvalue weighted by molar-refractivity contribution is 1.02. The monoisotopic (exact) mass is 138 g/mol. The van der Waals surface area contributed by atoms with E-state index in [2.05, 4.69) is 4.98 Å². The van der Waals surface area contributed by atoms with Crippen LogP contribution in [-0.2, 0) is 6.54 Å². The SMILES string of the molecule is Cc1cc(CN)c[nH]c1=O. The van der Waals surface area contributed by atoms with Gasteiger partial charge in [-0.2, -0.15) is 0 Å². The van der Waals surface area contributed by atoms with Crippen LogP contribution in [0.5, 0.6) is 0 Å². The molecule has 0 unspecified atom stereocenters. The normalized spacial score (nSPS) is 9.80. The molecule has 0 saturated heterocycles. The summed E-state index contributed by atoms with van der Waals surface area (Å²) in [6, 6.07) is 1.79. The Bertz CT molecular complexity index is 277. The third-order valence-corrected chi connectivity index (χ3v) is 1.38. The number of nitrogens with two attached hydrogens (primary N) is 1. The summed E-state index contributed by atoms with van der Waals surface area (Å²) in [5.41, 5.74) is 6.97. The maximum Gasteiger partial charge on any atom is 0.250 e. The Morgan fingerprint density at radius 1 is 1.70 bits per heavy atom. The smallest absolute Gasteiger partial charge is 0.250 e. The zero-order valence-electron chi connectivity index (χ0n) is 5.85. The Balaban J connectivity index is 3.17. The molecule has 0 radical (unpaired) electrons. The maximum absolute atomic E-state index is 10.8. The van der Waals surface area contributed by atoms with Crippen LogP contribution in [-0.4, -0.2) is 4.98 Å². The Morgan fingerprint density at radius 3 is 2.90 bits per heavy atom. The van der Waals surface area contributed by atoms with Gasteiger partial charge < -0.3 is 10.7 Å². The first-order valence-electron chi connectivity index (χ1n) is 3.12. The number of aromatic nitrogens is 1. The van der Waals surface area contributed by atoms with E-state index in [0.717, 1.165) is 5.56 Å². The lowest BCUT2D eigenvalue weighted by atomic mass is 10.2. The number of nitrogens with one attached hydrogen (secondary N) is 1. The van der Waals surface area contributed by atoms with Crippen LogP contribution in [0.2, 0.25) is 0 Å². The summed E-state index contributed by atoms with van der Waals surface area (Å²) in [6.45, 7) is 2.23. The van der Waals surface area contributed by atoms with Crippen molar-refractivity contribution in [2.45, 2.75) is 13.5 Å². The minimum atomic E-state index is -0.0443. The highest BCUT2D eigenvalue weighted by Gasteiger charge is 1.92. The van der Waals surface area contributed by atoms with Crippen molar-refractivity contribution in [3.63, 3.8) is 0 Å². The fourth-order valence-corrected chi connectivity index (χ4v) is 0.775. The molecule has 1 aromatic rings. The molecule has 1 heterocycles. The number of hydrogen-bond acceptors (Lipinski definition) is 2. The number of aryl methyl sites for hydroxylation is 1. The third kappa shape index (κ3) is 1.25. The van der Waals surface area contributed by atoms with E-state index in [9.17, 15) is 4.79 Å². The summed E-state index contributed by atoms with van der Waals surface area (Å²) < 4.78 is 0. The summed E-state index contributed by atoms with van der Waals surface area (Å²) in [6.07, 6.45) is 1.63. The van der Waals surface area contributed by atoms with Crippen molar-refractivity contribution >= 4 is 0 Å². The van der Waals surface area contributed by atoms with Crippen molar-refractivity contribution in [3.8, 4) is 0 Å². The lowest BCUT2D eigenvalue weighted by Gasteiger charge is -1.95. The number of rotatable bonds is 1. The molecule has 3 N–H and O–H groups in total. The molecular formula is C7H10N2O. The van der Waals surface area contributed by atoms with E-state index in [1.54, 1.807) is 19.2 Å². The molecule has 1 aromatic heterocycles. The van der Waals surface area contributed by atoms with Gasteiger partial charge in [-0.25, -0.2) is 0 Å². The van der Waals surface area contributed by atoms with Crippen molar-refractivity contribution in [1.82, 2.24) is 4.98 Å². The summed E-state index contributed by atoms with van der Waals surface area (Å²) in [4.78, 5) is 13.4. The molecule has 1 rings (SSSR count). The fourth-order valence-electron chi connectivity index (χ4n) is 0.775. The number of aromatic amines is 1. The Labute approximate surface area is 58.9 Å². The first-order chi connectivity index (χ1) is 4.74. The van der Waals surface area contributed by atoms with Gasteiger partial charge in [0.15, 0.2) is 0 Å². The van der Waals surface area contributed by atoms with Crippen LogP contribution in [0.25, 0.3) is 0 Å².